The zero-order valence-corrected chi connectivity index (χ0v) is 17.1. The summed E-state index contributed by atoms with van der Waals surface area (Å²) in [5.74, 6) is 2.09. The molecule has 2 aliphatic heterocycles. The van der Waals surface area contributed by atoms with E-state index in [2.05, 4.69) is 53.3 Å². The second-order valence-electron chi connectivity index (χ2n) is 8.05. The van der Waals surface area contributed by atoms with Crippen molar-refractivity contribution in [3.63, 3.8) is 0 Å². The molecule has 1 aromatic heterocycles. The van der Waals surface area contributed by atoms with Crippen LogP contribution in [0.1, 0.15) is 48.1 Å². The number of nitrogens with zero attached hydrogens (tertiary/aromatic N) is 3. The van der Waals surface area contributed by atoms with E-state index in [1.54, 1.807) is 0 Å². The van der Waals surface area contributed by atoms with E-state index in [0.717, 1.165) is 17.9 Å². The van der Waals surface area contributed by atoms with Gasteiger partial charge in [-0.1, -0.05) is 48.0 Å². The van der Waals surface area contributed by atoms with Gasteiger partial charge in [-0.15, -0.1) is 22.6 Å². The molecule has 4 atom stereocenters. The standard InChI is InChI=1S/C23H25N3O.ClH/c1-15-8-10-16(11-9-15)19-14-18-12-13-20(26(18)2)21(19)23-25-24-22(27-23)17-6-4-3-5-7-17;/h3-11,18-21H,12-14H2,1-2H3;1H/t18-,19-,20?,21?;/m1./s1. The third kappa shape index (κ3) is 3.25. The molecule has 3 heterocycles. The zero-order valence-electron chi connectivity index (χ0n) is 16.3. The first kappa shape index (κ1) is 19.2. The number of likely N-dealkylation sites (N-methyl/N-ethyl adjacent to an activating group) is 1. The third-order valence-electron chi connectivity index (χ3n) is 6.52. The molecular weight excluding hydrogens is 370 g/mol. The van der Waals surface area contributed by atoms with Crippen LogP contribution < -0.4 is 0 Å². The summed E-state index contributed by atoms with van der Waals surface area (Å²) in [7, 11) is 2.26. The molecule has 2 saturated heterocycles. The first-order chi connectivity index (χ1) is 13.2. The number of hydrogen-bond acceptors (Lipinski definition) is 4. The van der Waals surface area contributed by atoms with Crippen molar-refractivity contribution < 1.29 is 4.42 Å². The fraction of sp³-hybridized carbons (Fsp3) is 0.391. The second kappa shape index (κ2) is 7.69. The van der Waals surface area contributed by atoms with E-state index in [1.807, 2.05) is 30.3 Å². The Balaban J connectivity index is 0.00000192. The summed E-state index contributed by atoms with van der Waals surface area (Å²) >= 11 is 0. The quantitative estimate of drug-likeness (QED) is 0.611. The lowest BCUT2D eigenvalue weighted by atomic mass is 9.76. The van der Waals surface area contributed by atoms with Crippen LogP contribution in [0.5, 0.6) is 0 Å². The minimum absolute atomic E-state index is 0. The Labute approximate surface area is 172 Å². The van der Waals surface area contributed by atoms with Crippen molar-refractivity contribution in [3.8, 4) is 11.5 Å². The van der Waals surface area contributed by atoms with Crippen molar-refractivity contribution in [3.05, 3.63) is 71.6 Å². The van der Waals surface area contributed by atoms with Gasteiger partial charge in [0.15, 0.2) is 0 Å². The van der Waals surface area contributed by atoms with Crippen molar-refractivity contribution in [1.29, 1.82) is 0 Å². The van der Waals surface area contributed by atoms with Gasteiger partial charge in [-0.3, -0.25) is 4.90 Å². The fourth-order valence-electron chi connectivity index (χ4n) is 5.03. The van der Waals surface area contributed by atoms with Crippen molar-refractivity contribution in [2.75, 3.05) is 7.05 Å². The monoisotopic (exact) mass is 395 g/mol. The lowest BCUT2D eigenvalue weighted by Crippen LogP contribution is -2.44. The number of rotatable bonds is 3. The highest BCUT2D eigenvalue weighted by atomic mass is 35.5. The maximum Gasteiger partial charge on any atom is 0.247 e. The number of hydrogen-bond donors (Lipinski definition) is 0. The summed E-state index contributed by atoms with van der Waals surface area (Å²) in [4.78, 5) is 2.54. The molecule has 3 aromatic rings. The molecule has 146 valence electrons. The van der Waals surface area contributed by atoms with Gasteiger partial charge in [0.25, 0.3) is 0 Å². The average Bonchev–Trinajstić information content (AvgIpc) is 3.26. The normalized spacial score (nSPS) is 26.8. The smallest absolute Gasteiger partial charge is 0.247 e. The molecule has 0 N–H and O–H groups in total. The Morgan fingerprint density at radius 1 is 0.964 bits per heavy atom. The Kier molecular flexibility index (Phi) is 5.26. The Morgan fingerprint density at radius 3 is 2.46 bits per heavy atom. The molecule has 4 nitrogen and oxygen atoms in total. The maximum absolute atomic E-state index is 6.23. The summed E-state index contributed by atoms with van der Waals surface area (Å²) in [6.45, 7) is 2.14. The van der Waals surface area contributed by atoms with Crippen molar-refractivity contribution in [2.24, 2.45) is 0 Å². The van der Waals surface area contributed by atoms with Gasteiger partial charge in [0, 0.05) is 17.6 Å². The number of aryl methyl sites for hydroxylation is 1. The molecule has 0 saturated carbocycles. The van der Waals surface area contributed by atoms with Gasteiger partial charge in [-0.25, -0.2) is 0 Å². The summed E-state index contributed by atoms with van der Waals surface area (Å²) in [5, 5.41) is 8.89. The van der Waals surface area contributed by atoms with Gasteiger partial charge in [0.05, 0.1) is 5.92 Å². The van der Waals surface area contributed by atoms with E-state index in [-0.39, 0.29) is 18.3 Å². The fourth-order valence-corrected chi connectivity index (χ4v) is 5.03. The van der Waals surface area contributed by atoms with Crippen LogP contribution in [0.15, 0.2) is 59.0 Å². The highest BCUT2D eigenvalue weighted by Gasteiger charge is 2.48. The predicted molar refractivity (Wildman–Crippen MR) is 113 cm³/mol. The molecule has 0 amide bonds. The van der Waals surface area contributed by atoms with Crippen LogP contribution in [-0.2, 0) is 0 Å². The highest BCUT2D eigenvalue weighted by Crippen LogP contribution is 2.50. The minimum Gasteiger partial charge on any atom is -0.420 e. The molecule has 0 spiro atoms. The lowest BCUT2D eigenvalue weighted by Gasteiger charge is -2.41. The van der Waals surface area contributed by atoms with Crippen molar-refractivity contribution in [2.45, 2.75) is 50.1 Å². The average molecular weight is 396 g/mol. The number of fused-ring (bicyclic) bond motifs is 2. The first-order valence-corrected chi connectivity index (χ1v) is 9.88. The molecule has 2 fully saturated rings. The van der Waals surface area contributed by atoms with Crippen LogP contribution in [0.2, 0.25) is 0 Å². The van der Waals surface area contributed by atoms with E-state index in [0.29, 0.717) is 23.9 Å². The molecule has 2 aromatic carbocycles. The van der Waals surface area contributed by atoms with E-state index in [4.69, 9.17) is 4.42 Å². The Bertz CT molecular complexity index is 925. The van der Waals surface area contributed by atoms with Gasteiger partial charge < -0.3 is 4.42 Å². The Morgan fingerprint density at radius 2 is 1.71 bits per heavy atom. The molecule has 2 unspecified atom stereocenters. The first-order valence-electron chi connectivity index (χ1n) is 9.88. The summed E-state index contributed by atoms with van der Waals surface area (Å²) in [5.41, 5.74) is 3.68. The maximum atomic E-state index is 6.23. The molecule has 28 heavy (non-hydrogen) atoms. The number of piperidine rings is 1. The minimum atomic E-state index is 0. The highest BCUT2D eigenvalue weighted by molar-refractivity contribution is 5.85. The van der Waals surface area contributed by atoms with Gasteiger partial charge in [0.2, 0.25) is 11.8 Å². The number of halogens is 1. The molecule has 5 heteroatoms. The predicted octanol–water partition coefficient (Wildman–Crippen LogP) is 5.20. The van der Waals surface area contributed by atoms with Gasteiger partial charge in [-0.2, -0.15) is 0 Å². The molecule has 0 radical (unpaired) electrons. The number of aromatic nitrogens is 2. The van der Waals surface area contributed by atoms with Crippen LogP contribution in [0, 0.1) is 6.92 Å². The zero-order chi connectivity index (χ0) is 18.4. The van der Waals surface area contributed by atoms with Gasteiger partial charge in [0.1, 0.15) is 0 Å². The number of benzene rings is 2. The summed E-state index contributed by atoms with van der Waals surface area (Å²) in [6, 6.07) is 20.2. The van der Waals surface area contributed by atoms with Crippen molar-refractivity contribution >= 4 is 12.4 Å². The second-order valence-corrected chi connectivity index (χ2v) is 8.05. The summed E-state index contributed by atoms with van der Waals surface area (Å²) < 4.78 is 6.23. The molecular formula is C23H26ClN3O. The third-order valence-corrected chi connectivity index (χ3v) is 6.52. The van der Waals surface area contributed by atoms with E-state index in [9.17, 15) is 0 Å². The van der Waals surface area contributed by atoms with Gasteiger partial charge >= 0.3 is 0 Å². The van der Waals surface area contributed by atoms with Crippen LogP contribution in [0.25, 0.3) is 11.5 Å². The molecule has 2 aliphatic rings. The van der Waals surface area contributed by atoms with Crippen LogP contribution in [-0.4, -0.2) is 34.2 Å². The Hall–Kier alpha value is -2.17. The van der Waals surface area contributed by atoms with E-state index >= 15 is 0 Å². The van der Waals surface area contributed by atoms with Crippen molar-refractivity contribution in [1.82, 2.24) is 15.1 Å². The molecule has 2 bridgehead atoms. The molecule has 5 rings (SSSR count). The van der Waals surface area contributed by atoms with Crippen LogP contribution in [0.4, 0.5) is 0 Å². The van der Waals surface area contributed by atoms with Gasteiger partial charge in [-0.05, 0) is 56.8 Å². The van der Waals surface area contributed by atoms with Crippen LogP contribution >= 0.6 is 12.4 Å². The summed E-state index contributed by atoms with van der Waals surface area (Å²) in [6.07, 6.45) is 3.63. The van der Waals surface area contributed by atoms with E-state index in [1.165, 1.54) is 24.0 Å². The van der Waals surface area contributed by atoms with Crippen LogP contribution in [0.3, 0.4) is 0 Å². The van der Waals surface area contributed by atoms with E-state index < -0.39 is 0 Å². The lowest BCUT2D eigenvalue weighted by molar-refractivity contribution is 0.124. The SMILES string of the molecule is Cc1ccc([C@H]2C[C@H]3CCC(C2c2nnc(-c4ccccc4)o2)N3C)cc1.Cl. The molecule has 0 aliphatic carbocycles. The largest absolute Gasteiger partial charge is 0.420 e. The topological polar surface area (TPSA) is 42.2 Å².